The highest BCUT2D eigenvalue weighted by molar-refractivity contribution is 5.72. The number of halogens is 3. The van der Waals surface area contributed by atoms with Gasteiger partial charge in [0, 0.05) is 12.2 Å². The Morgan fingerprint density at radius 3 is 2.43 bits per heavy atom. The van der Waals surface area contributed by atoms with E-state index < -0.39 is 11.7 Å². The van der Waals surface area contributed by atoms with Gasteiger partial charge in [-0.3, -0.25) is 4.79 Å². The van der Waals surface area contributed by atoms with Crippen LogP contribution >= 0.6 is 0 Å². The lowest BCUT2D eigenvalue weighted by Crippen LogP contribution is -2.30. The molecule has 0 spiro atoms. The van der Waals surface area contributed by atoms with Gasteiger partial charge >= 0.3 is 12.1 Å². The molecule has 0 unspecified atom stereocenters. The van der Waals surface area contributed by atoms with Crippen LogP contribution in [0.2, 0.25) is 0 Å². The van der Waals surface area contributed by atoms with E-state index in [-0.39, 0.29) is 17.9 Å². The van der Waals surface area contributed by atoms with Crippen LogP contribution in [0.5, 0.6) is 0 Å². The maximum atomic E-state index is 12.4. The molecule has 1 aromatic rings. The first-order valence-electron chi connectivity index (χ1n) is 6.77. The number of carbonyl (C=O) groups excluding carboxylic acids is 1. The quantitative estimate of drug-likeness (QED) is 0.871. The van der Waals surface area contributed by atoms with E-state index in [9.17, 15) is 18.0 Å². The van der Waals surface area contributed by atoms with Gasteiger partial charge in [-0.25, -0.2) is 4.98 Å². The van der Waals surface area contributed by atoms with Crippen LogP contribution in [0.3, 0.4) is 0 Å². The number of rotatable bonds is 3. The molecule has 0 amide bonds. The minimum atomic E-state index is -4.37. The minimum absolute atomic E-state index is 0.0754. The van der Waals surface area contributed by atoms with E-state index in [1.807, 2.05) is 0 Å². The van der Waals surface area contributed by atoms with Crippen LogP contribution in [-0.2, 0) is 15.7 Å². The number of carbonyl (C=O) groups is 1. The fraction of sp³-hybridized carbons (Fsp3) is 0.571. The third kappa shape index (κ3) is 4.09. The number of nitrogens with zero attached hydrogens (tertiary/aromatic N) is 1. The van der Waals surface area contributed by atoms with Gasteiger partial charge in [0.25, 0.3) is 0 Å². The van der Waals surface area contributed by atoms with Crippen molar-refractivity contribution in [1.82, 2.24) is 4.98 Å². The monoisotopic (exact) mass is 302 g/mol. The maximum absolute atomic E-state index is 12.4. The predicted octanol–water partition coefficient (Wildman–Crippen LogP) is 3.24. The Bertz CT molecular complexity index is 480. The van der Waals surface area contributed by atoms with Crippen LogP contribution in [0, 0.1) is 5.92 Å². The van der Waals surface area contributed by atoms with Gasteiger partial charge in [0.1, 0.15) is 5.82 Å². The highest BCUT2D eigenvalue weighted by atomic mass is 19.4. The molecule has 0 radical (unpaired) electrons. The lowest BCUT2D eigenvalue weighted by Gasteiger charge is -2.27. The average molecular weight is 302 g/mol. The fourth-order valence-corrected chi connectivity index (χ4v) is 2.50. The van der Waals surface area contributed by atoms with E-state index in [0.29, 0.717) is 18.7 Å². The zero-order chi connectivity index (χ0) is 15.5. The Balaban J connectivity index is 1.88. The number of aromatic nitrogens is 1. The van der Waals surface area contributed by atoms with Crippen molar-refractivity contribution >= 4 is 11.8 Å². The molecule has 0 aliphatic heterocycles. The van der Waals surface area contributed by atoms with Crippen molar-refractivity contribution in [2.24, 2.45) is 5.92 Å². The number of esters is 1. The minimum Gasteiger partial charge on any atom is -0.469 e. The van der Waals surface area contributed by atoms with Crippen LogP contribution in [0.4, 0.5) is 19.0 Å². The molecule has 1 aliphatic carbocycles. The second-order valence-corrected chi connectivity index (χ2v) is 5.15. The number of methoxy groups -OCH3 is 1. The van der Waals surface area contributed by atoms with E-state index in [4.69, 9.17) is 4.74 Å². The van der Waals surface area contributed by atoms with Crippen molar-refractivity contribution in [2.75, 3.05) is 12.4 Å². The zero-order valence-corrected chi connectivity index (χ0v) is 11.6. The Morgan fingerprint density at radius 1 is 1.29 bits per heavy atom. The number of alkyl halides is 3. The normalized spacial score (nSPS) is 22.7. The van der Waals surface area contributed by atoms with Crippen LogP contribution in [-0.4, -0.2) is 24.1 Å². The van der Waals surface area contributed by atoms with Gasteiger partial charge in [-0.15, -0.1) is 0 Å². The van der Waals surface area contributed by atoms with Crippen molar-refractivity contribution in [3.05, 3.63) is 23.9 Å². The van der Waals surface area contributed by atoms with Crippen LogP contribution in [0.1, 0.15) is 31.2 Å². The molecule has 1 aliphatic rings. The molecule has 1 aromatic heterocycles. The Kier molecular flexibility index (Phi) is 4.69. The van der Waals surface area contributed by atoms with E-state index in [2.05, 4.69) is 10.3 Å². The topological polar surface area (TPSA) is 51.2 Å². The summed E-state index contributed by atoms with van der Waals surface area (Å²) in [4.78, 5) is 15.2. The Labute approximate surface area is 120 Å². The molecular formula is C14H17F3N2O2. The third-order valence-corrected chi connectivity index (χ3v) is 3.70. The van der Waals surface area contributed by atoms with E-state index in [1.54, 1.807) is 0 Å². The zero-order valence-electron chi connectivity index (χ0n) is 11.6. The highest BCUT2D eigenvalue weighted by Crippen LogP contribution is 2.30. The summed E-state index contributed by atoms with van der Waals surface area (Å²) in [6.07, 6.45) is -0.590. The molecule has 4 nitrogen and oxygen atoms in total. The summed E-state index contributed by atoms with van der Waals surface area (Å²) in [6.45, 7) is 0. The third-order valence-electron chi connectivity index (χ3n) is 3.70. The summed E-state index contributed by atoms with van der Waals surface area (Å²) >= 11 is 0. The van der Waals surface area contributed by atoms with E-state index in [0.717, 1.165) is 25.1 Å². The molecule has 21 heavy (non-hydrogen) atoms. The molecule has 0 aromatic carbocycles. The van der Waals surface area contributed by atoms with Gasteiger partial charge in [-0.2, -0.15) is 13.2 Å². The summed E-state index contributed by atoms with van der Waals surface area (Å²) in [5, 5.41) is 3.11. The smallest absolute Gasteiger partial charge is 0.417 e. The first-order chi connectivity index (χ1) is 9.90. The second-order valence-electron chi connectivity index (χ2n) is 5.15. The number of pyridine rings is 1. The summed E-state index contributed by atoms with van der Waals surface area (Å²) in [7, 11) is 1.37. The summed E-state index contributed by atoms with van der Waals surface area (Å²) in [5.41, 5.74) is -0.762. The predicted molar refractivity (Wildman–Crippen MR) is 70.6 cm³/mol. The van der Waals surface area contributed by atoms with Crippen molar-refractivity contribution in [3.63, 3.8) is 0 Å². The lowest BCUT2D eigenvalue weighted by atomic mass is 9.86. The van der Waals surface area contributed by atoms with Gasteiger partial charge in [0.15, 0.2) is 0 Å². The lowest BCUT2D eigenvalue weighted by molar-refractivity contribution is -0.146. The molecule has 1 N–H and O–H groups in total. The van der Waals surface area contributed by atoms with Gasteiger partial charge in [-0.05, 0) is 37.8 Å². The molecule has 7 heteroatoms. The van der Waals surface area contributed by atoms with Crippen molar-refractivity contribution < 1.29 is 22.7 Å². The average Bonchev–Trinajstić information content (AvgIpc) is 2.47. The highest BCUT2D eigenvalue weighted by Gasteiger charge is 2.31. The Hall–Kier alpha value is -1.79. The van der Waals surface area contributed by atoms with E-state index in [1.165, 1.54) is 13.2 Å². The molecule has 0 bridgehead atoms. The molecule has 2 rings (SSSR count). The number of hydrogen-bond donors (Lipinski definition) is 1. The number of anilines is 1. The molecule has 1 fully saturated rings. The van der Waals surface area contributed by atoms with Crippen LogP contribution in [0.15, 0.2) is 18.3 Å². The summed E-state index contributed by atoms with van der Waals surface area (Å²) in [6, 6.07) is 2.46. The van der Waals surface area contributed by atoms with Gasteiger partial charge in [0.2, 0.25) is 0 Å². The molecule has 1 heterocycles. The SMILES string of the molecule is COC(=O)C1CCC(Nc2ccc(C(F)(F)F)cn2)CC1. The number of hydrogen-bond acceptors (Lipinski definition) is 4. The molecule has 1 saturated carbocycles. The van der Waals surface area contributed by atoms with Crippen molar-refractivity contribution in [1.29, 1.82) is 0 Å². The van der Waals surface area contributed by atoms with Gasteiger partial charge < -0.3 is 10.1 Å². The van der Waals surface area contributed by atoms with Crippen LogP contribution in [0.25, 0.3) is 0 Å². The van der Waals surface area contributed by atoms with Crippen LogP contribution < -0.4 is 5.32 Å². The molecule has 116 valence electrons. The Morgan fingerprint density at radius 2 is 1.95 bits per heavy atom. The molecule has 0 atom stereocenters. The molecular weight excluding hydrogens is 285 g/mol. The standard InChI is InChI=1S/C14H17F3N2O2/c1-21-13(20)9-2-5-11(6-3-9)19-12-7-4-10(8-18-12)14(15,16)17/h4,7-9,11H,2-3,5-6H2,1H3,(H,18,19). The number of nitrogens with one attached hydrogen (secondary N) is 1. The van der Waals surface area contributed by atoms with Gasteiger partial charge in [0.05, 0.1) is 18.6 Å². The summed E-state index contributed by atoms with van der Waals surface area (Å²) < 4.78 is 42.0. The van der Waals surface area contributed by atoms with Gasteiger partial charge in [-0.1, -0.05) is 0 Å². The fourth-order valence-electron chi connectivity index (χ4n) is 2.50. The second kappa shape index (κ2) is 6.32. The maximum Gasteiger partial charge on any atom is 0.417 e. The van der Waals surface area contributed by atoms with Crippen molar-refractivity contribution in [2.45, 2.75) is 37.9 Å². The van der Waals surface area contributed by atoms with Crippen molar-refractivity contribution in [3.8, 4) is 0 Å². The first-order valence-corrected chi connectivity index (χ1v) is 6.77. The largest absolute Gasteiger partial charge is 0.469 e. The number of ether oxygens (including phenoxy) is 1. The summed E-state index contributed by atoms with van der Waals surface area (Å²) in [5.74, 6) is 0.152. The van der Waals surface area contributed by atoms with E-state index >= 15 is 0 Å². The molecule has 0 saturated heterocycles. The first kappa shape index (κ1) is 15.6.